The molecule has 0 atom stereocenters. The molecule has 0 spiro atoms. The van der Waals surface area contributed by atoms with Crippen LogP contribution in [0, 0.1) is 0 Å². The normalized spacial score (nSPS) is 14.3. The Morgan fingerprint density at radius 2 is 1.77 bits per heavy atom. The van der Waals surface area contributed by atoms with E-state index in [1.165, 1.54) is 13.2 Å². The minimum atomic E-state index is -4.58. The quantitative estimate of drug-likeness (QED) is 0.298. The SMILES string of the molecule is COc1cc(NC(=O)Nc2ccc(-c3ccc(CN4CCOCC4)nc3)c3ccccc23)cc(C(F)(F)F)c1. The van der Waals surface area contributed by atoms with Crippen molar-refractivity contribution in [3.05, 3.63) is 84.2 Å². The first-order chi connectivity index (χ1) is 18.8. The maximum absolute atomic E-state index is 13.3. The minimum absolute atomic E-state index is 0.0144. The largest absolute Gasteiger partial charge is 0.497 e. The molecule has 39 heavy (non-hydrogen) atoms. The molecule has 0 unspecified atom stereocenters. The highest BCUT2D eigenvalue weighted by Gasteiger charge is 2.31. The minimum Gasteiger partial charge on any atom is -0.497 e. The van der Waals surface area contributed by atoms with E-state index in [0.717, 1.165) is 72.6 Å². The number of aromatic nitrogens is 1. The molecule has 5 rings (SSSR count). The average molecular weight is 537 g/mol. The Kier molecular flexibility index (Phi) is 7.67. The van der Waals surface area contributed by atoms with Crippen LogP contribution in [0.5, 0.6) is 5.75 Å². The third-order valence-corrected chi connectivity index (χ3v) is 6.52. The van der Waals surface area contributed by atoms with Crippen molar-refractivity contribution in [2.75, 3.05) is 44.0 Å². The molecule has 1 saturated heterocycles. The third kappa shape index (κ3) is 6.30. The summed E-state index contributed by atoms with van der Waals surface area (Å²) in [4.78, 5) is 19.7. The van der Waals surface area contributed by atoms with Crippen molar-refractivity contribution in [1.82, 2.24) is 9.88 Å². The molecule has 1 aromatic heterocycles. The molecule has 0 bridgehead atoms. The van der Waals surface area contributed by atoms with Gasteiger partial charge in [0.1, 0.15) is 5.75 Å². The van der Waals surface area contributed by atoms with E-state index in [1.807, 2.05) is 48.7 Å². The number of fused-ring (bicyclic) bond motifs is 1. The highest BCUT2D eigenvalue weighted by Crippen LogP contribution is 2.35. The third-order valence-electron chi connectivity index (χ3n) is 6.52. The number of anilines is 2. The summed E-state index contributed by atoms with van der Waals surface area (Å²) >= 11 is 0. The summed E-state index contributed by atoms with van der Waals surface area (Å²) in [6.07, 6.45) is -2.73. The second-order valence-electron chi connectivity index (χ2n) is 9.16. The van der Waals surface area contributed by atoms with Gasteiger partial charge in [-0.15, -0.1) is 0 Å². The standard InChI is InChI=1S/C29H27F3N4O3/c1-38-23-15-20(29(30,31)32)14-22(16-23)34-28(37)35-27-9-8-24(25-4-2-3-5-26(25)27)19-6-7-21(33-17-19)18-36-10-12-39-13-11-36/h2-9,14-17H,10-13,18H2,1H3,(H2,34,35,37). The van der Waals surface area contributed by atoms with Crippen LogP contribution >= 0.6 is 0 Å². The predicted octanol–water partition coefficient (Wildman–Crippen LogP) is 6.41. The zero-order chi connectivity index (χ0) is 27.4. The van der Waals surface area contributed by atoms with E-state index in [0.29, 0.717) is 5.69 Å². The first kappa shape index (κ1) is 26.5. The van der Waals surface area contributed by atoms with Crippen molar-refractivity contribution in [1.29, 1.82) is 0 Å². The lowest BCUT2D eigenvalue weighted by Gasteiger charge is -2.26. The van der Waals surface area contributed by atoms with Gasteiger partial charge in [0.15, 0.2) is 0 Å². The number of carbonyl (C=O) groups excluding carboxylic acids is 1. The number of nitrogens with zero attached hydrogens (tertiary/aromatic N) is 2. The highest BCUT2D eigenvalue weighted by molar-refractivity contribution is 6.09. The van der Waals surface area contributed by atoms with E-state index in [9.17, 15) is 18.0 Å². The number of ether oxygens (including phenoxy) is 2. The average Bonchev–Trinajstić information content (AvgIpc) is 2.93. The molecule has 1 aliphatic rings. The molecule has 2 N–H and O–H groups in total. The molecular formula is C29H27F3N4O3. The molecule has 1 aliphatic heterocycles. The van der Waals surface area contributed by atoms with Crippen LogP contribution in [0.25, 0.3) is 21.9 Å². The Labute approximate surface area is 223 Å². The first-order valence-electron chi connectivity index (χ1n) is 12.4. The van der Waals surface area contributed by atoms with Gasteiger partial charge in [-0.1, -0.05) is 36.4 Å². The monoisotopic (exact) mass is 536 g/mol. The van der Waals surface area contributed by atoms with Crippen molar-refractivity contribution in [3.63, 3.8) is 0 Å². The van der Waals surface area contributed by atoms with Gasteiger partial charge in [0.2, 0.25) is 0 Å². The summed E-state index contributed by atoms with van der Waals surface area (Å²) in [5, 5.41) is 6.92. The van der Waals surface area contributed by atoms with E-state index in [4.69, 9.17) is 9.47 Å². The lowest BCUT2D eigenvalue weighted by atomic mass is 9.98. The predicted molar refractivity (Wildman–Crippen MR) is 144 cm³/mol. The number of hydrogen-bond acceptors (Lipinski definition) is 5. The number of carbonyl (C=O) groups is 1. The van der Waals surface area contributed by atoms with E-state index >= 15 is 0 Å². The number of nitrogens with one attached hydrogen (secondary N) is 2. The highest BCUT2D eigenvalue weighted by atomic mass is 19.4. The van der Waals surface area contributed by atoms with Crippen LogP contribution in [0.3, 0.4) is 0 Å². The van der Waals surface area contributed by atoms with Gasteiger partial charge in [-0.3, -0.25) is 9.88 Å². The van der Waals surface area contributed by atoms with Crippen LogP contribution in [-0.2, 0) is 17.5 Å². The smallest absolute Gasteiger partial charge is 0.416 e. The van der Waals surface area contributed by atoms with Gasteiger partial charge in [-0.2, -0.15) is 13.2 Å². The van der Waals surface area contributed by atoms with Gasteiger partial charge in [0, 0.05) is 48.5 Å². The van der Waals surface area contributed by atoms with Gasteiger partial charge in [-0.05, 0) is 35.2 Å². The van der Waals surface area contributed by atoms with Crippen LogP contribution in [0.15, 0.2) is 72.9 Å². The number of alkyl halides is 3. The molecule has 0 saturated carbocycles. The number of pyridine rings is 1. The molecular weight excluding hydrogens is 509 g/mol. The Hall–Kier alpha value is -4.15. The zero-order valence-corrected chi connectivity index (χ0v) is 21.2. The molecule has 1 fully saturated rings. The zero-order valence-electron chi connectivity index (χ0n) is 21.2. The van der Waals surface area contributed by atoms with Crippen molar-refractivity contribution in [3.8, 4) is 16.9 Å². The summed E-state index contributed by atoms with van der Waals surface area (Å²) in [5.74, 6) is -0.0144. The molecule has 2 amide bonds. The number of morpholine rings is 1. The second-order valence-corrected chi connectivity index (χ2v) is 9.16. The number of benzene rings is 3. The molecule has 10 heteroatoms. The van der Waals surface area contributed by atoms with Crippen molar-refractivity contribution in [2.45, 2.75) is 12.7 Å². The van der Waals surface area contributed by atoms with Crippen LogP contribution in [-0.4, -0.2) is 49.3 Å². The Morgan fingerprint density at radius 3 is 2.46 bits per heavy atom. The van der Waals surface area contributed by atoms with E-state index < -0.39 is 17.8 Å². The van der Waals surface area contributed by atoms with Gasteiger partial charge >= 0.3 is 12.2 Å². The topological polar surface area (TPSA) is 75.7 Å². The number of hydrogen-bond donors (Lipinski definition) is 2. The molecule has 4 aromatic rings. The summed E-state index contributed by atoms with van der Waals surface area (Å²) in [5.41, 5.74) is 2.42. The Balaban J connectivity index is 1.35. The van der Waals surface area contributed by atoms with Gasteiger partial charge in [0.05, 0.1) is 37.3 Å². The van der Waals surface area contributed by atoms with Gasteiger partial charge in [0.25, 0.3) is 0 Å². The number of urea groups is 1. The lowest BCUT2D eigenvalue weighted by molar-refractivity contribution is -0.137. The fraction of sp³-hybridized carbons (Fsp3) is 0.241. The van der Waals surface area contributed by atoms with Crippen LogP contribution in [0.4, 0.5) is 29.3 Å². The lowest BCUT2D eigenvalue weighted by Crippen LogP contribution is -2.35. The Morgan fingerprint density at radius 1 is 1.00 bits per heavy atom. The Bertz CT molecular complexity index is 1470. The molecule has 7 nitrogen and oxygen atoms in total. The number of methoxy groups -OCH3 is 1. The fourth-order valence-electron chi connectivity index (χ4n) is 4.56. The summed E-state index contributed by atoms with van der Waals surface area (Å²) < 4.78 is 50.1. The fourth-order valence-corrected chi connectivity index (χ4v) is 4.56. The number of halogens is 3. The van der Waals surface area contributed by atoms with E-state index in [-0.39, 0.29) is 11.4 Å². The van der Waals surface area contributed by atoms with E-state index in [1.54, 1.807) is 6.07 Å². The second kappa shape index (κ2) is 11.3. The molecule has 3 aromatic carbocycles. The molecule has 0 aliphatic carbocycles. The summed E-state index contributed by atoms with van der Waals surface area (Å²) in [6, 6.07) is 17.7. The summed E-state index contributed by atoms with van der Waals surface area (Å²) in [7, 11) is 1.26. The van der Waals surface area contributed by atoms with Crippen molar-refractivity contribution in [2.24, 2.45) is 0 Å². The van der Waals surface area contributed by atoms with Crippen LogP contribution < -0.4 is 15.4 Å². The van der Waals surface area contributed by atoms with Gasteiger partial charge in [-0.25, -0.2) is 4.79 Å². The first-order valence-corrected chi connectivity index (χ1v) is 12.4. The number of rotatable bonds is 6. The van der Waals surface area contributed by atoms with Crippen molar-refractivity contribution >= 4 is 28.2 Å². The van der Waals surface area contributed by atoms with E-state index in [2.05, 4.69) is 20.5 Å². The van der Waals surface area contributed by atoms with Gasteiger partial charge < -0.3 is 20.1 Å². The van der Waals surface area contributed by atoms with Crippen molar-refractivity contribution < 1.29 is 27.4 Å². The number of amides is 2. The van der Waals surface area contributed by atoms with Crippen LogP contribution in [0.2, 0.25) is 0 Å². The summed E-state index contributed by atoms with van der Waals surface area (Å²) in [6.45, 7) is 4.00. The molecule has 2 heterocycles. The maximum Gasteiger partial charge on any atom is 0.416 e. The molecule has 202 valence electrons. The molecule has 0 radical (unpaired) electrons. The van der Waals surface area contributed by atoms with Crippen LogP contribution in [0.1, 0.15) is 11.3 Å². The maximum atomic E-state index is 13.3.